The molecule has 2 aromatic rings. The molecule has 0 aliphatic carbocycles. The van der Waals surface area contributed by atoms with Crippen molar-refractivity contribution in [2.45, 2.75) is 6.54 Å². The molecular weight excluding hydrogens is 358 g/mol. The highest BCUT2D eigenvalue weighted by atomic mass is 35.5. The van der Waals surface area contributed by atoms with Crippen LogP contribution in [0.3, 0.4) is 0 Å². The van der Waals surface area contributed by atoms with Crippen LogP contribution < -0.4 is 9.47 Å². The van der Waals surface area contributed by atoms with Gasteiger partial charge in [-0.25, -0.2) is 4.79 Å². The molecule has 1 amide bonds. The number of ether oxygens (including phenoxy) is 3. The van der Waals surface area contributed by atoms with Gasteiger partial charge in [0.15, 0.2) is 18.1 Å². The Labute approximate surface area is 156 Å². The molecule has 26 heavy (non-hydrogen) atoms. The molecule has 136 valence electrons. The van der Waals surface area contributed by atoms with Crippen LogP contribution in [0, 0.1) is 0 Å². The lowest BCUT2D eigenvalue weighted by molar-refractivity contribution is -0.133. The second kappa shape index (κ2) is 8.10. The van der Waals surface area contributed by atoms with Crippen molar-refractivity contribution in [2.75, 3.05) is 26.9 Å². The Hall–Kier alpha value is -2.73. The first-order valence-electron chi connectivity index (χ1n) is 8.08. The molecule has 0 bridgehead atoms. The lowest BCUT2D eigenvalue weighted by atomic mass is 10.2. The molecule has 1 aliphatic heterocycles. The van der Waals surface area contributed by atoms with E-state index >= 15 is 0 Å². The highest BCUT2D eigenvalue weighted by Gasteiger charge is 2.16. The fourth-order valence-corrected chi connectivity index (χ4v) is 2.58. The number of rotatable bonds is 5. The molecular formula is C19H18ClNO5. The summed E-state index contributed by atoms with van der Waals surface area (Å²) in [4.78, 5) is 25.6. The van der Waals surface area contributed by atoms with E-state index in [1.807, 2.05) is 18.2 Å². The minimum atomic E-state index is -0.567. The number of likely N-dealkylation sites (N-methyl/N-ethyl adjacent to an activating group) is 1. The molecule has 3 rings (SSSR count). The number of nitrogens with zero attached hydrogens (tertiary/aromatic N) is 1. The van der Waals surface area contributed by atoms with Gasteiger partial charge in [0.05, 0.1) is 5.56 Å². The van der Waals surface area contributed by atoms with Crippen LogP contribution in [-0.4, -0.2) is 43.6 Å². The molecule has 0 saturated carbocycles. The topological polar surface area (TPSA) is 65.1 Å². The smallest absolute Gasteiger partial charge is 0.338 e. The highest BCUT2D eigenvalue weighted by Crippen LogP contribution is 2.31. The lowest BCUT2D eigenvalue weighted by Gasteiger charge is -2.21. The molecule has 7 heteroatoms. The highest BCUT2D eigenvalue weighted by molar-refractivity contribution is 6.30. The molecule has 0 fully saturated rings. The van der Waals surface area contributed by atoms with Crippen molar-refractivity contribution in [1.82, 2.24) is 4.90 Å². The first-order valence-corrected chi connectivity index (χ1v) is 8.46. The first kappa shape index (κ1) is 18.1. The first-order chi connectivity index (χ1) is 12.5. The average molecular weight is 376 g/mol. The maximum Gasteiger partial charge on any atom is 0.338 e. The maximum absolute atomic E-state index is 12.2. The van der Waals surface area contributed by atoms with Crippen molar-refractivity contribution in [3.63, 3.8) is 0 Å². The second-order valence-electron chi connectivity index (χ2n) is 5.81. The number of esters is 1. The summed E-state index contributed by atoms with van der Waals surface area (Å²) in [7, 11) is 1.65. The lowest BCUT2D eigenvalue weighted by Crippen LogP contribution is -2.30. The Balaban J connectivity index is 1.53. The SMILES string of the molecule is CN(Cc1ccc2c(c1)OCCO2)C(=O)COC(=O)c1ccc(Cl)cc1. The van der Waals surface area contributed by atoms with Crippen molar-refractivity contribution >= 4 is 23.5 Å². The van der Waals surface area contributed by atoms with E-state index in [1.165, 1.54) is 4.90 Å². The molecule has 0 aromatic heterocycles. The number of hydrogen-bond donors (Lipinski definition) is 0. The molecule has 0 atom stereocenters. The monoisotopic (exact) mass is 375 g/mol. The largest absolute Gasteiger partial charge is 0.486 e. The molecule has 0 unspecified atom stereocenters. The van der Waals surface area contributed by atoms with E-state index in [-0.39, 0.29) is 12.5 Å². The fourth-order valence-electron chi connectivity index (χ4n) is 2.45. The number of carbonyl (C=O) groups is 2. The summed E-state index contributed by atoms with van der Waals surface area (Å²) in [6.45, 7) is 1.08. The van der Waals surface area contributed by atoms with Gasteiger partial charge in [0.1, 0.15) is 13.2 Å². The Morgan fingerprint density at radius 1 is 1.08 bits per heavy atom. The van der Waals surface area contributed by atoms with Crippen molar-refractivity contribution in [1.29, 1.82) is 0 Å². The third-order valence-corrected chi connectivity index (χ3v) is 4.11. The fraction of sp³-hybridized carbons (Fsp3) is 0.263. The Morgan fingerprint density at radius 3 is 2.50 bits per heavy atom. The van der Waals surface area contributed by atoms with Gasteiger partial charge in [-0.1, -0.05) is 17.7 Å². The average Bonchev–Trinajstić information content (AvgIpc) is 2.66. The van der Waals surface area contributed by atoms with E-state index in [4.69, 9.17) is 25.8 Å². The standard InChI is InChI=1S/C19H18ClNO5/c1-21(11-13-2-7-16-17(10-13)25-9-8-24-16)18(22)12-26-19(23)14-3-5-15(20)6-4-14/h2-7,10H,8-9,11-12H2,1H3. The van der Waals surface area contributed by atoms with E-state index in [0.717, 1.165) is 5.56 Å². The van der Waals surface area contributed by atoms with Gasteiger partial charge in [0.25, 0.3) is 5.91 Å². The van der Waals surface area contributed by atoms with E-state index < -0.39 is 5.97 Å². The molecule has 0 saturated heterocycles. The number of halogens is 1. The van der Waals surface area contributed by atoms with E-state index in [2.05, 4.69) is 0 Å². The zero-order chi connectivity index (χ0) is 18.5. The molecule has 2 aromatic carbocycles. The number of amides is 1. The Kier molecular flexibility index (Phi) is 5.63. The molecule has 1 aliphatic rings. The Bertz CT molecular complexity index is 806. The van der Waals surface area contributed by atoms with Gasteiger partial charge in [-0.15, -0.1) is 0 Å². The minimum Gasteiger partial charge on any atom is -0.486 e. The normalized spacial score (nSPS) is 12.4. The minimum absolute atomic E-state index is 0.304. The van der Waals surface area contributed by atoms with Gasteiger partial charge in [-0.2, -0.15) is 0 Å². The van der Waals surface area contributed by atoms with Gasteiger partial charge < -0.3 is 19.1 Å². The summed E-state index contributed by atoms with van der Waals surface area (Å²) >= 11 is 5.78. The van der Waals surface area contributed by atoms with Crippen LogP contribution in [0.2, 0.25) is 5.02 Å². The number of benzene rings is 2. The van der Waals surface area contributed by atoms with Gasteiger partial charge >= 0.3 is 5.97 Å². The number of carbonyl (C=O) groups excluding carboxylic acids is 2. The summed E-state index contributed by atoms with van der Waals surface area (Å²) in [6, 6.07) is 11.8. The zero-order valence-corrected chi connectivity index (χ0v) is 15.0. The Morgan fingerprint density at radius 2 is 1.77 bits per heavy atom. The van der Waals surface area contributed by atoms with Crippen molar-refractivity contribution in [2.24, 2.45) is 0 Å². The third kappa shape index (κ3) is 4.46. The third-order valence-electron chi connectivity index (χ3n) is 3.86. The van der Waals surface area contributed by atoms with E-state index in [9.17, 15) is 9.59 Å². The molecule has 6 nitrogen and oxygen atoms in total. The van der Waals surface area contributed by atoms with Crippen LogP contribution in [0.15, 0.2) is 42.5 Å². The van der Waals surface area contributed by atoms with Crippen LogP contribution in [-0.2, 0) is 16.1 Å². The van der Waals surface area contributed by atoms with Crippen LogP contribution in [0.25, 0.3) is 0 Å². The van der Waals surface area contributed by atoms with Crippen molar-refractivity contribution in [3.8, 4) is 11.5 Å². The van der Waals surface area contributed by atoms with E-state index in [0.29, 0.717) is 41.8 Å². The summed E-state index contributed by atoms with van der Waals surface area (Å²) in [5, 5.41) is 0.525. The predicted octanol–water partition coefficient (Wildman–Crippen LogP) is 2.93. The van der Waals surface area contributed by atoms with Crippen LogP contribution >= 0.6 is 11.6 Å². The van der Waals surface area contributed by atoms with Gasteiger partial charge in [0.2, 0.25) is 0 Å². The summed E-state index contributed by atoms with van der Waals surface area (Å²) in [5.41, 5.74) is 1.24. The molecule has 0 radical (unpaired) electrons. The van der Waals surface area contributed by atoms with Crippen LogP contribution in [0.1, 0.15) is 15.9 Å². The molecule has 1 heterocycles. The second-order valence-corrected chi connectivity index (χ2v) is 6.25. The summed E-state index contributed by atoms with van der Waals surface area (Å²) in [5.74, 6) is 0.500. The predicted molar refractivity (Wildman–Crippen MR) is 95.6 cm³/mol. The van der Waals surface area contributed by atoms with Gasteiger partial charge in [-0.05, 0) is 42.0 Å². The summed E-state index contributed by atoms with van der Waals surface area (Å²) in [6.07, 6.45) is 0. The van der Waals surface area contributed by atoms with E-state index in [1.54, 1.807) is 31.3 Å². The molecule has 0 N–H and O–H groups in total. The van der Waals surface area contributed by atoms with Crippen molar-refractivity contribution < 1.29 is 23.8 Å². The maximum atomic E-state index is 12.2. The van der Waals surface area contributed by atoms with Crippen LogP contribution in [0.4, 0.5) is 0 Å². The zero-order valence-electron chi connectivity index (χ0n) is 14.2. The number of fused-ring (bicyclic) bond motifs is 1. The van der Waals surface area contributed by atoms with Crippen molar-refractivity contribution in [3.05, 3.63) is 58.6 Å². The quantitative estimate of drug-likeness (QED) is 0.752. The van der Waals surface area contributed by atoms with Gasteiger partial charge in [0, 0.05) is 18.6 Å². The van der Waals surface area contributed by atoms with Crippen LogP contribution in [0.5, 0.6) is 11.5 Å². The summed E-state index contributed by atoms with van der Waals surface area (Å²) < 4.78 is 16.1. The molecule has 0 spiro atoms. The van der Waals surface area contributed by atoms with Gasteiger partial charge in [-0.3, -0.25) is 4.79 Å². The number of hydrogen-bond acceptors (Lipinski definition) is 5.